The van der Waals surface area contributed by atoms with Crippen molar-refractivity contribution in [2.24, 2.45) is 5.92 Å². The molecule has 0 saturated carbocycles. The summed E-state index contributed by atoms with van der Waals surface area (Å²) in [6.07, 6.45) is 8.58. The van der Waals surface area contributed by atoms with Gasteiger partial charge in [-0.2, -0.15) is 10.2 Å². The average molecular weight is 684 g/mol. The van der Waals surface area contributed by atoms with Crippen LogP contribution in [0.2, 0.25) is 0 Å². The van der Waals surface area contributed by atoms with Crippen molar-refractivity contribution in [2.45, 2.75) is 95.9 Å². The van der Waals surface area contributed by atoms with Crippen LogP contribution in [0.25, 0.3) is 5.65 Å². The van der Waals surface area contributed by atoms with E-state index in [2.05, 4.69) is 25.3 Å². The van der Waals surface area contributed by atoms with Crippen molar-refractivity contribution in [2.75, 3.05) is 56.1 Å². The number of nitrogens with one attached hydrogen (secondary N) is 1. The monoisotopic (exact) mass is 683 g/mol. The van der Waals surface area contributed by atoms with Crippen molar-refractivity contribution < 1.29 is 27.8 Å². The minimum Gasteiger partial charge on any atom is -0.444 e. The molecule has 2 bridgehead atoms. The topological polar surface area (TPSA) is 122 Å². The Labute approximate surface area is 284 Å². The molecule has 4 fully saturated rings. The number of alkyl halides is 2. The Kier molecular flexibility index (Phi) is 9.48. The third-order valence-electron chi connectivity index (χ3n) is 10.3. The molecule has 4 aliphatic heterocycles. The highest BCUT2D eigenvalue weighted by Crippen LogP contribution is 2.33. The molecule has 0 aliphatic carbocycles. The van der Waals surface area contributed by atoms with Gasteiger partial charge in [0, 0.05) is 45.1 Å². The van der Waals surface area contributed by atoms with Gasteiger partial charge in [0.05, 0.1) is 36.7 Å². The van der Waals surface area contributed by atoms with Gasteiger partial charge in [-0.3, -0.25) is 9.48 Å². The number of nitrogens with zero attached hydrogens (tertiary/aromatic N) is 8. The number of hydrogen-bond acceptors (Lipinski definition) is 9. The zero-order valence-corrected chi connectivity index (χ0v) is 28.6. The van der Waals surface area contributed by atoms with Crippen molar-refractivity contribution >= 4 is 29.2 Å². The van der Waals surface area contributed by atoms with Crippen molar-refractivity contribution in [1.29, 1.82) is 0 Å². The van der Waals surface area contributed by atoms with Crippen LogP contribution in [0.3, 0.4) is 0 Å². The fourth-order valence-corrected chi connectivity index (χ4v) is 7.64. The minimum absolute atomic E-state index is 0.00431. The van der Waals surface area contributed by atoms with E-state index in [0.29, 0.717) is 18.2 Å². The van der Waals surface area contributed by atoms with E-state index >= 15 is 0 Å². The highest BCUT2D eigenvalue weighted by atomic mass is 19.3. The molecule has 266 valence electrons. The molecule has 0 aromatic carbocycles. The zero-order valence-electron chi connectivity index (χ0n) is 28.6. The summed E-state index contributed by atoms with van der Waals surface area (Å²) in [5.41, 5.74) is -0.344. The van der Waals surface area contributed by atoms with Crippen molar-refractivity contribution in [1.82, 2.24) is 34.2 Å². The largest absolute Gasteiger partial charge is 0.444 e. The lowest BCUT2D eigenvalue weighted by atomic mass is 9.92. The second-order valence-corrected chi connectivity index (χ2v) is 14.9. The van der Waals surface area contributed by atoms with Crippen LogP contribution in [0, 0.1) is 5.92 Å². The van der Waals surface area contributed by atoms with E-state index in [1.165, 1.54) is 16.9 Å². The Bertz CT molecular complexity index is 1640. The summed E-state index contributed by atoms with van der Waals surface area (Å²) in [7, 11) is 0. The fourth-order valence-electron chi connectivity index (χ4n) is 7.64. The van der Waals surface area contributed by atoms with Crippen LogP contribution in [0.15, 0.2) is 24.7 Å². The summed E-state index contributed by atoms with van der Waals surface area (Å²) in [4.78, 5) is 36.9. The Balaban J connectivity index is 0.905. The Morgan fingerprint density at radius 1 is 1.10 bits per heavy atom. The van der Waals surface area contributed by atoms with Crippen molar-refractivity contribution in [3.8, 4) is 0 Å². The number of morpholine rings is 1. The van der Waals surface area contributed by atoms with E-state index in [1.807, 2.05) is 31.7 Å². The van der Waals surface area contributed by atoms with Gasteiger partial charge in [-0.15, -0.1) is 0 Å². The molecule has 2 amide bonds. The molecule has 0 spiro atoms. The van der Waals surface area contributed by atoms with E-state index in [4.69, 9.17) is 14.5 Å². The SMILES string of the molecule is CC(C)(C)OC(=O)N1CCC(CCCN2CCC(n3cc(NC(=O)c4cnn5ccc(N6C[C@H]7C[C@@H]6CO7)nc45)c(C(F)F)n3)CC2)CC1. The maximum Gasteiger partial charge on any atom is 0.410 e. The molecule has 49 heavy (non-hydrogen) atoms. The van der Waals surface area contributed by atoms with Gasteiger partial charge in [0.2, 0.25) is 0 Å². The fraction of sp³-hybridized carbons (Fsp3) is 0.676. The number of fused-ring (bicyclic) bond motifs is 3. The number of anilines is 2. The smallest absolute Gasteiger partial charge is 0.410 e. The Hall–Kier alpha value is -3.85. The Morgan fingerprint density at radius 2 is 1.88 bits per heavy atom. The molecular weight excluding hydrogens is 636 g/mol. The van der Waals surface area contributed by atoms with Gasteiger partial charge >= 0.3 is 6.09 Å². The second kappa shape index (κ2) is 13.8. The van der Waals surface area contributed by atoms with Crippen molar-refractivity contribution in [3.05, 3.63) is 35.9 Å². The molecule has 3 aromatic rings. The Morgan fingerprint density at radius 3 is 2.55 bits per heavy atom. The first-order chi connectivity index (χ1) is 23.5. The number of carbonyl (C=O) groups is 2. The zero-order chi connectivity index (χ0) is 34.3. The van der Waals surface area contributed by atoms with Crippen LogP contribution in [-0.2, 0) is 9.47 Å². The number of piperidine rings is 2. The number of amides is 2. The number of likely N-dealkylation sites (tertiary alicyclic amines) is 2. The normalized spacial score (nSPS) is 22.5. The average Bonchev–Trinajstić information content (AvgIpc) is 3.88. The minimum atomic E-state index is -2.84. The maximum absolute atomic E-state index is 14.1. The molecule has 13 nitrogen and oxygen atoms in total. The first kappa shape index (κ1) is 33.6. The van der Waals surface area contributed by atoms with Crippen LogP contribution < -0.4 is 10.2 Å². The number of hydrogen-bond donors (Lipinski definition) is 1. The molecule has 7 heterocycles. The van der Waals surface area contributed by atoms with E-state index < -0.39 is 23.6 Å². The molecule has 0 radical (unpaired) electrons. The molecule has 4 saturated heterocycles. The summed E-state index contributed by atoms with van der Waals surface area (Å²) in [6, 6.07) is 2.09. The third kappa shape index (κ3) is 7.52. The van der Waals surface area contributed by atoms with Crippen LogP contribution in [0.5, 0.6) is 0 Å². The van der Waals surface area contributed by atoms with Gasteiger partial charge in [-0.05, 0) is 84.2 Å². The van der Waals surface area contributed by atoms with Gasteiger partial charge in [0.15, 0.2) is 11.3 Å². The molecule has 1 N–H and O–H groups in total. The molecule has 2 atom stereocenters. The third-order valence-corrected chi connectivity index (χ3v) is 10.3. The maximum atomic E-state index is 14.1. The van der Waals surface area contributed by atoms with Gasteiger partial charge in [0.1, 0.15) is 17.0 Å². The number of rotatable bonds is 9. The molecule has 0 unspecified atom stereocenters. The highest BCUT2D eigenvalue weighted by molar-refractivity contribution is 6.08. The molecular formula is C34H47F2N9O4. The summed E-state index contributed by atoms with van der Waals surface area (Å²) >= 11 is 0. The van der Waals surface area contributed by atoms with E-state index in [0.717, 1.165) is 90.0 Å². The van der Waals surface area contributed by atoms with Crippen LogP contribution in [-0.4, -0.2) is 110 Å². The first-order valence-electron chi connectivity index (χ1n) is 17.6. The predicted molar refractivity (Wildman–Crippen MR) is 178 cm³/mol. The van der Waals surface area contributed by atoms with Gasteiger partial charge in [-0.25, -0.2) is 23.1 Å². The summed E-state index contributed by atoms with van der Waals surface area (Å²) < 4.78 is 42.6. The number of carbonyl (C=O) groups excluding carboxylic acids is 2. The lowest BCUT2D eigenvalue weighted by molar-refractivity contribution is 0.0179. The van der Waals surface area contributed by atoms with Crippen LogP contribution in [0.4, 0.5) is 25.1 Å². The number of halogens is 2. The van der Waals surface area contributed by atoms with E-state index in [9.17, 15) is 18.4 Å². The molecule has 15 heteroatoms. The van der Waals surface area contributed by atoms with Crippen LogP contribution in [0.1, 0.15) is 94.2 Å². The van der Waals surface area contributed by atoms with E-state index in [-0.39, 0.29) is 35.5 Å². The molecule has 7 rings (SSSR count). The van der Waals surface area contributed by atoms with E-state index in [1.54, 1.807) is 10.9 Å². The lowest BCUT2D eigenvalue weighted by Gasteiger charge is -2.34. The standard InChI is InChI=1S/C34H47F2N9O4/c1-34(2,3)49-33(47)42-14-6-22(7-15-42)5-4-11-41-12-8-23(9-13-41)45-20-27(29(40-45)30(35)36)38-32(46)26-18-37-44-16-10-28(39-31(26)44)43-19-25-17-24(43)21-48-25/h10,16,18,20,22-25,30H,4-9,11-15,17,19,21H2,1-3H3,(H,38,46)/t24-,25-/m1/s1. The molecule has 4 aliphatic rings. The first-order valence-corrected chi connectivity index (χ1v) is 17.6. The molecule has 3 aromatic heterocycles. The second-order valence-electron chi connectivity index (χ2n) is 14.9. The quantitative estimate of drug-likeness (QED) is 0.326. The van der Waals surface area contributed by atoms with Crippen molar-refractivity contribution in [3.63, 3.8) is 0 Å². The number of ether oxygens (including phenoxy) is 2. The van der Waals surface area contributed by atoms with Gasteiger partial charge < -0.3 is 29.5 Å². The van der Waals surface area contributed by atoms with Crippen LogP contribution >= 0.6 is 0 Å². The summed E-state index contributed by atoms with van der Waals surface area (Å²) in [6.45, 7) is 11.3. The lowest BCUT2D eigenvalue weighted by Crippen LogP contribution is -2.41. The van der Waals surface area contributed by atoms with Gasteiger partial charge in [0.25, 0.3) is 12.3 Å². The predicted octanol–water partition coefficient (Wildman–Crippen LogP) is 5.16. The summed E-state index contributed by atoms with van der Waals surface area (Å²) in [5.74, 6) is 0.791. The highest BCUT2D eigenvalue weighted by Gasteiger charge is 2.40. The number of aromatic nitrogens is 5. The van der Waals surface area contributed by atoms with Gasteiger partial charge in [-0.1, -0.05) is 0 Å². The summed E-state index contributed by atoms with van der Waals surface area (Å²) in [5, 5.41) is 11.2.